The SMILES string of the molecule is CC1CC(C)(C)Nc2cc3c(cc21)C(c1ccccc1C(=O)N(C)CCCC(=O)NCCNC(=O)O[C@@H]1[C@H](O)[C@@H](COP(=O)(O)OP(=O)(O)O)O[C@H]1n1cnc2c(N)ncnc21)=c1cc2c(cc1O3)=NC(C)(C)CC2C. The maximum Gasteiger partial charge on any atom is 0.481 e. The largest absolute Gasteiger partial charge is 0.481 e. The number of alkyl carbamates (subject to hydrolysis) is 1. The van der Waals surface area contributed by atoms with Crippen LogP contribution in [0.1, 0.15) is 118 Å². The molecule has 4 aliphatic rings. The molecule has 3 unspecified atom stereocenters. The molecule has 0 saturated carbocycles. The van der Waals surface area contributed by atoms with Gasteiger partial charge in [0.2, 0.25) is 5.91 Å². The lowest BCUT2D eigenvalue weighted by Crippen LogP contribution is -2.41. The lowest BCUT2D eigenvalue weighted by molar-refractivity contribution is -0.121. The molecule has 9 rings (SSSR count). The maximum absolute atomic E-state index is 14.5. The fourth-order valence-electron chi connectivity index (χ4n) is 10.7. The molecular weight excluding hydrogens is 1030 g/mol. The zero-order valence-corrected chi connectivity index (χ0v) is 44.7. The number of hydrogen-bond acceptors (Lipinski definition) is 17. The van der Waals surface area contributed by atoms with Gasteiger partial charge in [-0.3, -0.25) is 23.7 Å². The first-order valence-corrected chi connectivity index (χ1v) is 27.8. The minimum atomic E-state index is -5.46. The van der Waals surface area contributed by atoms with Gasteiger partial charge in [0.15, 0.2) is 23.8 Å². The van der Waals surface area contributed by atoms with E-state index in [0.717, 1.165) is 57.7 Å². The average Bonchev–Trinajstić information content (AvgIpc) is 3.92. The van der Waals surface area contributed by atoms with Crippen molar-refractivity contribution < 1.29 is 66.3 Å². The number of aliphatic hydroxyl groups excluding tert-OH is 1. The molecule has 0 bridgehead atoms. The number of nitrogens with two attached hydrogens (primary N) is 1. The first kappa shape index (κ1) is 54.5. The number of aromatic nitrogens is 4. The van der Waals surface area contributed by atoms with E-state index in [1.807, 2.05) is 30.3 Å². The quantitative estimate of drug-likeness (QED) is 0.0484. The number of hydrogen-bond donors (Lipinski definition) is 8. The van der Waals surface area contributed by atoms with E-state index in [9.17, 15) is 33.5 Å². The highest BCUT2D eigenvalue weighted by Gasteiger charge is 2.49. The number of phosphoric ester groups is 1. The molecule has 6 heterocycles. The van der Waals surface area contributed by atoms with Gasteiger partial charge in [-0.25, -0.2) is 28.9 Å². The van der Waals surface area contributed by atoms with Gasteiger partial charge in [-0.1, -0.05) is 32.0 Å². The summed E-state index contributed by atoms with van der Waals surface area (Å²) in [5.41, 5.74) is 12.2. The van der Waals surface area contributed by atoms with Crippen LogP contribution in [0, 0.1) is 0 Å². The van der Waals surface area contributed by atoms with Gasteiger partial charge in [0.1, 0.15) is 35.6 Å². The van der Waals surface area contributed by atoms with E-state index in [4.69, 9.17) is 34.7 Å². The molecular formula is C50H62N10O14P2. The Kier molecular flexibility index (Phi) is 15.0. The molecule has 24 nitrogen and oxygen atoms in total. The highest BCUT2D eigenvalue weighted by molar-refractivity contribution is 7.60. The van der Waals surface area contributed by atoms with Crippen LogP contribution in [-0.2, 0) is 32.2 Å². The summed E-state index contributed by atoms with van der Waals surface area (Å²) in [7, 11) is -9.11. The molecule has 406 valence electrons. The molecule has 26 heteroatoms. The molecule has 3 amide bonds. The lowest BCUT2D eigenvalue weighted by atomic mass is 9.79. The number of nitrogens with one attached hydrogen (secondary N) is 3. The van der Waals surface area contributed by atoms with Crippen LogP contribution in [0.3, 0.4) is 0 Å². The van der Waals surface area contributed by atoms with E-state index in [1.165, 1.54) is 16.5 Å². The van der Waals surface area contributed by atoms with E-state index >= 15 is 0 Å². The third-order valence-electron chi connectivity index (χ3n) is 13.8. The van der Waals surface area contributed by atoms with Crippen LogP contribution in [0.15, 0.2) is 66.2 Å². The predicted octanol–water partition coefficient (Wildman–Crippen LogP) is 4.61. The molecule has 76 heavy (non-hydrogen) atoms. The van der Waals surface area contributed by atoms with Gasteiger partial charge in [0.05, 0.1) is 23.8 Å². The van der Waals surface area contributed by atoms with E-state index in [1.54, 1.807) is 11.9 Å². The number of fused-ring (bicyclic) bond motifs is 5. The number of imidazole rings is 1. The Labute approximate surface area is 436 Å². The molecule has 0 aliphatic carbocycles. The second kappa shape index (κ2) is 20.9. The summed E-state index contributed by atoms with van der Waals surface area (Å²) in [5.74, 6) is 1.29. The molecule has 4 aliphatic heterocycles. The Morgan fingerprint density at radius 3 is 2.45 bits per heavy atom. The monoisotopic (exact) mass is 1090 g/mol. The zero-order valence-electron chi connectivity index (χ0n) is 42.9. The smallest absolute Gasteiger partial charge is 0.456 e. The highest BCUT2D eigenvalue weighted by atomic mass is 31.3. The van der Waals surface area contributed by atoms with Crippen LogP contribution >= 0.6 is 15.6 Å². The molecule has 1 fully saturated rings. The summed E-state index contributed by atoms with van der Waals surface area (Å²) in [6.07, 6.45) is -2.72. The van der Waals surface area contributed by atoms with Crippen molar-refractivity contribution in [1.82, 2.24) is 35.1 Å². The standard InChI is InChI=1S/C50H62N10O14P2/c1-26-21-49(3,4)57-34-19-36-32(17-30(26)34)40(33-18-31-27(2)22-50(5,6)58-35(31)20-37(33)71-36)28-11-8-9-12-29(28)46(63)59(7)16-10-13-39(61)52-14-15-53-48(64)73-43-42(62)38(23-70-76(68,69)74-75(65,66)67)72-47(43)60-25-56-41-44(51)54-24-55-45(41)60/h8-9,11-12,17-20,24-27,38,42-43,47,57,62H,10,13-16,21-23H2,1-7H3,(H,52,61)(H,53,64)(H,68,69)(H2,51,54,55)(H2,65,66,67)/t26?,27?,38-,42-,43-,47-/m1/s1. The van der Waals surface area contributed by atoms with Crippen LogP contribution in [0.4, 0.5) is 16.3 Å². The molecule has 7 atom stereocenters. The minimum Gasteiger partial charge on any atom is -0.456 e. The average molecular weight is 1090 g/mol. The summed E-state index contributed by atoms with van der Waals surface area (Å²) in [6.45, 7) is 12.3. The van der Waals surface area contributed by atoms with Crippen molar-refractivity contribution in [3.8, 4) is 11.5 Å². The molecule has 0 spiro atoms. The second-order valence-corrected chi connectivity index (χ2v) is 23.8. The van der Waals surface area contributed by atoms with Crippen molar-refractivity contribution in [3.05, 3.63) is 99.6 Å². The van der Waals surface area contributed by atoms with E-state index in [2.05, 4.69) is 99.5 Å². The number of aliphatic hydroxyl groups is 1. The summed E-state index contributed by atoms with van der Waals surface area (Å²) in [5, 5.41) is 21.9. The van der Waals surface area contributed by atoms with Gasteiger partial charge < -0.3 is 60.6 Å². The predicted molar refractivity (Wildman–Crippen MR) is 276 cm³/mol. The second-order valence-electron chi connectivity index (χ2n) is 21.0. The Morgan fingerprint density at radius 1 is 0.947 bits per heavy atom. The van der Waals surface area contributed by atoms with E-state index < -0.39 is 52.9 Å². The van der Waals surface area contributed by atoms with Crippen LogP contribution < -0.4 is 37.0 Å². The number of anilines is 2. The number of nitrogen functional groups attached to an aromatic ring is 1. The van der Waals surface area contributed by atoms with Crippen molar-refractivity contribution >= 4 is 61.8 Å². The van der Waals surface area contributed by atoms with Crippen LogP contribution in [-0.4, -0.2) is 125 Å². The van der Waals surface area contributed by atoms with Crippen molar-refractivity contribution in [2.75, 3.05) is 44.3 Å². The summed E-state index contributed by atoms with van der Waals surface area (Å²) < 4.78 is 51.2. The number of rotatable bonds is 16. The fraction of sp³-hybridized carbons (Fsp3) is 0.460. The van der Waals surface area contributed by atoms with Crippen LogP contribution in [0.2, 0.25) is 0 Å². The fourth-order valence-corrected chi connectivity index (χ4v) is 12.3. The summed E-state index contributed by atoms with van der Waals surface area (Å²) >= 11 is 0. The summed E-state index contributed by atoms with van der Waals surface area (Å²) in [4.78, 5) is 87.3. The summed E-state index contributed by atoms with van der Waals surface area (Å²) in [6, 6.07) is 16.1. The number of carbonyl (C=O) groups excluding carboxylic acids is 3. The van der Waals surface area contributed by atoms with Crippen molar-refractivity contribution in [2.45, 2.75) is 115 Å². The molecule has 3 aromatic carbocycles. The van der Waals surface area contributed by atoms with Crippen molar-refractivity contribution in [3.63, 3.8) is 0 Å². The van der Waals surface area contributed by atoms with Gasteiger partial charge in [0, 0.05) is 78.4 Å². The van der Waals surface area contributed by atoms with Gasteiger partial charge in [-0.15, -0.1) is 0 Å². The molecule has 2 aromatic heterocycles. The minimum absolute atomic E-state index is 0.00402. The highest BCUT2D eigenvalue weighted by Crippen LogP contribution is 2.58. The number of phosphoric acid groups is 2. The zero-order chi connectivity index (χ0) is 54.6. The Balaban J connectivity index is 0.841. The van der Waals surface area contributed by atoms with Gasteiger partial charge in [-0.05, 0) is 93.7 Å². The third kappa shape index (κ3) is 11.7. The van der Waals surface area contributed by atoms with Crippen LogP contribution in [0.5, 0.6) is 11.5 Å². The Bertz CT molecular complexity index is 3350. The van der Waals surface area contributed by atoms with Crippen molar-refractivity contribution in [1.29, 1.82) is 0 Å². The first-order chi connectivity index (χ1) is 35.8. The lowest BCUT2D eigenvalue weighted by Gasteiger charge is -2.38. The number of benzene rings is 3. The molecule has 9 N–H and O–H groups in total. The maximum atomic E-state index is 14.5. The molecule has 1 saturated heterocycles. The number of carbonyl (C=O) groups is 3. The Morgan fingerprint density at radius 2 is 1.68 bits per heavy atom. The normalized spacial score (nSPS) is 22.8. The van der Waals surface area contributed by atoms with Gasteiger partial charge in [-0.2, -0.15) is 4.31 Å². The number of nitrogens with zero attached hydrogens (tertiary/aromatic N) is 6. The van der Waals surface area contributed by atoms with E-state index in [0.29, 0.717) is 23.5 Å². The Hall–Kier alpha value is -6.33. The number of ether oxygens (including phenoxy) is 3. The van der Waals surface area contributed by atoms with Crippen LogP contribution in [0.25, 0.3) is 16.7 Å². The van der Waals surface area contributed by atoms with E-state index in [-0.39, 0.29) is 77.8 Å². The number of amides is 3. The first-order valence-electron chi connectivity index (χ1n) is 24.8. The van der Waals surface area contributed by atoms with Crippen molar-refractivity contribution in [2.24, 2.45) is 4.99 Å². The molecule has 0 radical (unpaired) electrons. The molecule has 5 aromatic rings. The van der Waals surface area contributed by atoms with Gasteiger partial charge in [0.25, 0.3) is 5.91 Å². The third-order valence-corrected chi connectivity index (χ3v) is 16.0. The van der Waals surface area contributed by atoms with Gasteiger partial charge >= 0.3 is 21.7 Å². The topological polar surface area (TPSA) is 334 Å².